The van der Waals surface area contributed by atoms with Crippen molar-refractivity contribution in [3.63, 3.8) is 0 Å². The fraction of sp³-hybridized carbons (Fsp3) is 0.500. The second-order valence-corrected chi connectivity index (χ2v) is 11.7. The molecule has 0 radical (unpaired) electrons. The molecule has 2 aliphatic rings. The van der Waals surface area contributed by atoms with Crippen LogP contribution in [0.4, 0.5) is 5.69 Å². The van der Waals surface area contributed by atoms with Gasteiger partial charge in [-0.1, -0.05) is 31.0 Å². The van der Waals surface area contributed by atoms with Gasteiger partial charge in [0.25, 0.3) is 15.9 Å². The van der Waals surface area contributed by atoms with E-state index in [2.05, 4.69) is 14.6 Å². The molecule has 1 aliphatic carbocycles. The number of carbonyl (C=O) groups is 1. The summed E-state index contributed by atoms with van der Waals surface area (Å²) in [5.74, 6) is -0.00415. The van der Waals surface area contributed by atoms with E-state index < -0.39 is 10.0 Å². The van der Waals surface area contributed by atoms with Gasteiger partial charge in [-0.05, 0) is 101 Å². The van der Waals surface area contributed by atoms with Crippen molar-refractivity contribution >= 4 is 27.3 Å². The molecular formula is C28H37N3O3S. The quantitative estimate of drug-likeness (QED) is 0.524. The molecule has 2 fully saturated rings. The Morgan fingerprint density at radius 3 is 2.26 bits per heavy atom. The molecule has 1 amide bonds. The van der Waals surface area contributed by atoms with E-state index in [1.165, 1.54) is 25.7 Å². The van der Waals surface area contributed by atoms with E-state index in [4.69, 9.17) is 0 Å². The summed E-state index contributed by atoms with van der Waals surface area (Å²) >= 11 is 0. The molecule has 7 heteroatoms. The first-order chi connectivity index (χ1) is 16.7. The van der Waals surface area contributed by atoms with Crippen molar-refractivity contribution in [1.82, 2.24) is 4.90 Å². The SMILES string of the molecule is C/C(=N/S(=O)(=O)c1ccc(NC(=O)c2ccccc2C)c(C)c1C)C1CCN(C2CCCC2)CC1. The van der Waals surface area contributed by atoms with Crippen LogP contribution >= 0.6 is 0 Å². The molecule has 1 N–H and O–H groups in total. The maximum atomic E-state index is 13.2. The molecule has 0 atom stereocenters. The van der Waals surface area contributed by atoms with E-state index in [0.717, 1.165) is 37.1 Å². The largest absolute Gasteiger partial charge is 0.322 e. The number of amides is 1. The highest BCUT2D eigenvalue weighted by Gasteiger charge is 2.29. The van der Waals surface area contributed by atoms with Crippen LogP contribution in [0.5, 0.6) is 0 Å². The van der Waals surface area contributed by atoms with E-state index >= 15 is 0 Å². The molecule has 0 spiro atoms. The van der Waals surface area contributed by atoms with Crippen LogP contribution in [-0.4, -0.2) is 44.1 Å². The normalized spacial score (nSPS) is 18.7. The number of hydrogen-bond acceptors (Lipinski definition) is 4. The maximum absolute atomic E-state index is 13.2. The van der Waals surface area contributed by atoms with E-state index in [-0.39, 0.29) is 16.7 Å². The number of hydrogen-bond donors (Lipinski definition) is 1. The molecular weight excluding hydrogens is 458 g/mol. The predicted molar refractivity (Wildman–Crippen MR) is 142 cm³/mol. The van der Waals surface area contributed by atoms with Crippen molar-refractivity contribution in [1.29, 1.82) is 0 Å². The summed E-state index contributed by atoms with van der Waals surface area (Å²) in [4.78, 5) is 15.5. The highest BCUT2D eigenvalue weighted by atomic mass is 32.2. The molecule has 1 aliphatic heterocycles. The average molecular weight is 496 g/mol. The zero-order valence-corrected chi connectivity index (χ0v) is 22.1. The van der Waals surface area contributed by atoms with Crippen LogP contribution in [-0.2, 0) is 10.0 Å². The fourth-order valence-electron chi connectivity index (χ4n) is 5.49. The van der Waals surface area contributed by atoms with E-state index in [9.17, 15) is 13.2 Å². The first-order valence-corrected chi connectivity index (χ1v) is 14.1. The Balaban J connectivity index is 1.47. The first-order valence-electron chi connectivity index (χ1n) is 12.7. The molecule has 0 bridgehead atoms. The smallest absolute Gasteiger partial charge is 0.282 e. The number of likely N-dealkylation sites (tertiary alicyclic amines) is 1. The number of benzene rings is 2. The zero-order valence-electron chi connectivity index (χ0n) is 21.3. The number of piperidine rings is 1. The third-order valence-corrected chi connectivity index (χ3v) is 9.41. The van der Waals surface area contributed by atoms with Crippen LogP contribution in [0.25, 0.3) is 0 Å². The molecule has 1 saturated carbocycles. The summed E-state index contributed by atoms with van der Waals surface area (Å²) in [5, 5.41) is 2.93. The Bertz CT molecular complexity index is 1220. The zero-order chi connectivity index (χ0) is 25.2. The van der Waals surface area contributed by atoms with Crippen molar-refractivity contribution in [3.8, 4) is 0 Å². The van der Waals surface area contributed by atoms with Gasteiger partial charge in [-0.15, -0.1) is 0 Å². The lowest BCUT2D eigenvalue weighted by Crippen LogP contribution is -2.41. The van der Waals surface area contributed by atoms with Crippen LogP contribution in [0.2, 0.25) is 0 Å². The molecule has 0 aromatic heterocycles. The number of aryl methyl sites for hydroxylation is 1. The molecule has 6 nitrogen and oxygen atoms in total. The molecule has 1 heterocycles. The fourth-order valence-corrected chi connectivity index (χ4v) is 6.90. The van der Waals surface area contributed by atoms with Crippen LogP contribution in [0.3, 0.4) is 0 Å². The standard InChI is InChI=1S/C28H37N3O3S/c1-19-9-5-8-12-25(19)28(32)29-26-13-14-27(21(3)20(26)2)35(33,34)30-22(4)23-15-17-31(18-16-23)24-10-6-7-11-24/h5,8-9,12-14,23-24H,6-7,10-11,15-18H2,1-4H3,(H,29,32)/b30-22-. The van der Waals surface area contributed by atoms with Gasteiger partial charge in [0.05, 0.1) is 4.90 Å². The Morgan fingerprint density at radius 2 is 1.60 bits per heavy atom. The number of nitrogens with zero attached hydrogens (tertiary/aromatic N) is 2. The van der Waals surface area contributed by atoms with E-state index in [0.29, 0.717) is 28.6 Å². The number of carbonyl (C=O) groups excluding carboxylic acids is 1. The van der Waals surface area contributed by atoms with Crippen molar-refractivity contribution in [3.05, 3.63) is 58.7 Å². The van der Waals surface area contributed by atoms with Gasteiger partial charge in [0, 0.05) is 28.9 Å². The van der Waals surface area contributed by atoms with E-state index in [1.54, 1.807) is 25.1 Å². The third kappa shape index (κ3) is 5.67. The molecule has 4 rings (SSSR count). The molecule has 2 aromatic carbocycles. The topological polar surface area (TPSA) is 78.8 Å². The van der Waals surface area contributed by atoms with Gasteiger partial charge < -0.3 is 10.2 Å². The Hall–Kier alpha value is -2.51. The van der Waals surface area contributed by atoms with Gasteiger partial charge in [-0.25, -0.2) is 0 Å². The lowest BCUT2D eigenvalue weighted by molar-refractivity contribution is 0.102. The third-order valence-electron chi connectivity index (χ3n) is 7.88. The predicted octanol–water partition coefficient (Wildman–Crippen LogP) is 5.67. The van der Waals surface area contributed by atoms with Crippen molar-refractivity contribution in [2.24, 2.45) is 10.3 Å². The monoisotopic (exact) mass is 495 g/mol. The Morgan fingerprint density at radius 1 is 0.943 bits per heavy atom. The first kappa shape index (κ1) is 25.6. The highest BCUT2D eigenvalue weighted by molar-refractivity contribution is 7.90. The van der Waals surface area contributed by atoms with Crippen LogP contribution < -0.4 is 5.32 Å². The van der Waals surface area contributed by atoms with Gasteiger partial charge in [-0.3, -0.25) is 4.79 Å². The molecule has 35 heavy (non-hydrogen) atoms. The molecule has 2 aromatic rings. The minimum Gasteiger partial charge on any atom is -0.322 e. The number of rotatable bonds is 6. The summed E-state index contributed by atoms with van der Waals surface area (Å²) in [6.45, 7) is 9.40. The molecule has 1 saturated heterocycles. The number of sulfonamides is 1. The lowest BCUT2D eigenvalue weighted by atomic mass is 9.92. The van der Waals surface area contributed by atoms with E-state index in [1.807, 2.05) is 39.0 Å². The summed E-state index contributed by atoms with van der Waals surface area (Å²) < 4.78 is 30.8. The second kappa shape index (κ2) is 10.6. The number of nitrogens with one attached hydrogen (secondary N) is 1. The van der Waals surface area contributed by atoms with Crippen molar-refractivity contribution in [2.75, 3.05) is 18.4 Å². The lowest BCUT2D eigenvalue weighted by Gasteiger charge is -2.35. The van der Waals surface area contributed by atoms with Crippen LogP contribution in [0.15, 0.2) is 45.7 Å². The highest BCUT2D eigenvalue weighted by Crippen LogP contribution is 2.30. The average Bonchev–Trinajstić information content (AvgIpc) is 3.37. The minimum absolute atomic E-state index is 0.201. The van der Waals surface area contributed by atoms with Crippen LogP contribution in [0, 0.1) is 26.7 Å². The molecule has 0 unspecified atom stereocenters. The van der Waals surface area contributed by atoms with Gasteiger partial charge in [-0.2, -0.15) is 12.8 Å². The van der Waals surface area contributed by atoms with Gasteiger partial charge in [0.15, 0.2) is 0 Å². The molecule has 188 valence electrons. The van der Waals surface area contributed by atoms with Crippen molar-refractivity contribution < 1.29 is 13.2 Å². The van der Waals surface area contributed by atoms with Gasteiger partial charge in [0.1, 0.15) is 0 Å². The summed E-state index contributed by atoms with van der Waals surface area (Å²) in [6.07, 6.45) is 7.18. The number of anilines is 1. The summed E-state index contributed by atoms with van der Waals surface area (Å²) in [7, 11) is -3.83. The van der Waals surface area contributed by atoms with Gasteiger partial charge >= 0.3 is 0 Å². The second-order valence-electron chi connectivity index (χ2n) is 10.1. The Kier molecular flexibility index (Phi) is 7.77. The summed E-state index contributed by atoms with van der Waals surface area (Å²) in [6, 6.07) is 11.3. The minimum atomic E-state index is -3.83. The summed E-state index contributed by atoms with van der Waals surface area (Å²) in [5.41, 5.74) is 4.13. The Labute approximate surface area is 209 Å². The van der Waals surface area contributed by atoms with Crippen molar-refractivity contribution in [2.45, 2.75) is 77.2 Å². The van der Waals surface area contributed by atoms with Crippen LogP contribution in [0.1, 0.15) is 72.5 Å². The van der Waals surface area contributed by atoms with Gasteiger partial charge in [0.2, 0.25) is 0 Å². The maximum Gasteiger partial charge on any atom is 0.282 e.